The van der Waals surface area contributed by atoms with E-state index in [9.17, 15) is 0 Å². The molecule has 0 atom stereocenters. The monoisotopic (exact) mass is 206 g/mol. The van der Waals surface area contributed by atoms with Crippen LogP contribution in [0, 0.1) is 0 Å². The molecular formula is C11H10S2. The van der Waals surface area contributed by atoms with Gasteiger partial charge in [-0.3, -0.25) is 0 Å². The van der Waals surface area contributed by atoms with Gasteiger partial charge in [0.1, 0.15) is 0 Å². The van der Waals surface area contributed by atoms with Gasteiger partial charge < -0.3 is 0 Å². The lowest BCUT2D eigenvalue weighted by Gasteiger charge is -1.87. The van der Waals surface area contributed by atoms with Gasteiger partial charge in [0.2, 0.25) is 0 Å². The van der Waals surface area contributed by atoms with Crippen LogP contribution in [0.15, 0.2) is 41.6 Å². The molecule has 66 valence electrons. The predicted octanol–water partition coefficient (Wildman–Crippen LogP) is 4.21. The second-order valence-electron chi connectivity index (χ2n) is 2.79. The summed E-state index contributed by atoms with van der Waals surface area (Å²) in [5.74, 6) is 0. The number of hydrogen-bond donors (Lipinski definition) is 0. The molecule has 0 amide bonds. The third-order valence-corrected chi connectivity index (χ3v) is 3.84. The van der Waals surface area contributed by atoms with Crippen LogP contribution < -0.4 is 0 Å². The molecule has 0 unspecified atom stereocenters. The molecule has 0 spiro atoms. The molecular weight excluding hydrogens is 196 g/mol. The van der Waals surface area contributed by atoms with Crippen molar-refractivity contribution in [1.82, 2.24) is 0 Å². The zero-order valence-electron chi connectivity index (χ0n) is 7.19. The maximum Gasteiger partial charge on any atom is 0.0445 e. The van der Waals surface area contributed by atoms with Crippen molar-refractivity contribution in [3.63, 3.8) is 0 Å². The summed E-state index contributed by atoms with van der Waals surface area (Å²) >= 11 is 3.60. The van der Waals surface area contributed by atoms with E-state index < -0.39 is 0 Å². The second kappa shape index (κ2) is 3.90. The molecule has 2 rings (SSSR count). The lowest BCUT2D eigenvalue weighted by atomic mass is 10.2. The van der Waals surface area contributed by atoms with E-state index in [0.29, 0.717) is 0 Å². The van der Waals surface area contributed by atoms with E-state index in [1.165, 1.54) is 15.3 Å². The van der Waals surface area contributed by atoms with Gasteiger partial charge in [-0.15, -0.1) is 29.3 Å². The van der Waals surface area contributed by atoms with Crippen LogP contribution in [0.1, 0.15) is 5.56 Å². The minimum Gasteiger partial charge on any atom is -0.143 e. The van der Waals surface area contributed by atoms with Gasteiger partial charge >= 0.3 is 0 Å². The Morgan fingerprint density at radius 1 is 1.31 bits per heavy atom. The van der Waals surface area contributed by atoms with Crippen molar-refractivity contribution in [2.45, 2.75) is 6.42 Å². The van der Waals surface area contributed by atoms with E-state index in [1.54, 1.807) is 11.3 Å². The number of thiophene rings is 2. The number of hydrogen-bond acceptors (Lipinski definition) is 2. The fourth-order valence-electron chi connectivity index (χ4n) is 1.20. The molecule has 13 heavy (non-hydrogen) atoms. The average Bonchev–Trinajstić information content (AvgIpc) is 2.70. The van der Waals surface area contributed by atoms with Crippen LogP contribution in [0.5, 0.6) is 0 Å². The summed E-state index contributed by atoms with van der Waals surface area (Å²) in [6.07, 6.45) is 2.92. The molecule has 0 aromatic carbocycles. The molecule has 0 radical (unpaired) electrons. The molecule has 0 aliphatic heterocycles. The first-order chi connectivity index (χ1) is 6.40. The number of allylic oxidation sites excluding steroid dienone is 1. The second-order valence-corrected chi connectivity index (χ2v) is 4.65. The lowest BCUT2D eigenvalue weighted by Crippen LogP contribution is -1.71. The normalized spacial score (nSPS) is 10.2. The van der Waals surface area contributed by atoms with Crippen LogP contribution >= 0.6 is 22.7 Å². The summed E-state index contributed by atoms with van der Waals surface area (Å²) in [6.45, 7) is 3.74. The Labute approximate surface area is 86.2 Å². The van der Waals surface area contributed by atoms with Crippen molar-refractivity contribution in [3.8, 4) is 9.75 Å². The van der Waals surface area contributed by atoms with Crippen molar-refractivity contribution in [2.75, 3.05) is 0 Å². The van der Waals surface area contributed by atoms with Crippen molar-refractivity contribution in [1.29, 1.82) is 0 Å². The molecule has 2 aromatic rings. The summed E-state index contributed by atoms with van der Waals surface area (Å²) in [5, 5.41) is 4.32. The number of rotatable bonds is 3. The van der Waals surface area contributed by atoms with E-state index >= 15 is 0 Å². The topological polar surface area (TPSA) is 0 Å². The van der Waals surface area contributed by atoms with Crippen LogP contribution in [-0.2, 0) is 6.42 Å². The molecule has 0 nitrogen and oxygen atoms in total. The minimum absolute atomic E-state index is 0.974. The van der Waals surface area contributed by atoms with Gasteiger partial charge in [-0.05, 0) is 34.9 Å². The van der Waals surface area contributed by atoms with Crippen molar-refractivity contribution in [2.24, 2.45) is 0 Å². The summed E-state index contributed by atoms with van der Waals surface area (Å²) in [7, 11) is 0. The maximum atomic E-state index is 3.74. The Kier molecular flexibility index (Phi) is 2.62. The zero-order valence-corrected chi connectivity index (χ0v) is 8.83. The van der Waals surface area contributed by atoms with Crippen LogP contribution in [0.3, 0.4) is 0 Å². The molecule has 0 N–H and O–H groups in total. The quantitative estimate of drug-likeness (QED) is 0.660. The Morgan fingerprint density at radius 2 is 2.23 bits per heavy atom. The standard InChI is InChI=1S/C11H10S2/c1-2-4-9-7-11(13-8-9)10-5-3-6-12-10/h2-3,5-8H,1,4H2. The fourth-order valence-corrected chi connectivity index (χ4v) is 2.97. The highest BCUT2D eigenvalue weighted by Gasteiger charge is 2.01. The molecule has 0 aliphatic carbocycles. The van der Waals surface area contributed by atoms with Gasteiger partial charge in [0, 0.05) is 9.75 Å². The Bertz CT molecular complexity index is 382. The van der Waals surface area contributed by atoms with Gasteiger partial charge in [0.15, 0.2) is 0 Å². The van der Waals surface area contributed by atoms with Gasteiger partial charge in [-0.25, -0.2) is 0 Å². The SMILES string of the molecule is C=CCc1csc(-c2cccs2)c1. The van der Waals surface area contributed by atoms with Gasteiger partial charge in [0.25, 0.3) is 0 Å². The van der Waals surface area contributed by atoms with Crippen LogP contribution in [0.4, 0.5) is 0 Å². The largest absolute Gasteiger partial charge is 0.143 e. The third-order valence-electron chi connectivity index (χ3n) is 1.80. The highest BCUT2D eigenvalue weighted by molar-refractivity contribution is 7.20. The van der Waals surface area contributed by atoms with E-state index in [1.807, 2.05) is 17.4 Å². The minimum atomic E-state index is 0.974. The average molecular weight is 206 g/mol. The molecule has 0 fully saturated rings. The smallest absolute Gasteiger partial charge is 0.0445 e. The van der Waals surface area contributed by atoms with Crippen molar-refractivity contribution >= 4 is 22.7 Å². The summed E-state index contributed by atoms with van der Waals surface area (Å²) in [5.41, 5.74) is 1.36. The predicted molar refractivity (Wildman–Crippen MR) is 61.5 cm³/mol. The van der Waals surface area contributed by atoms with E-state index in [2.05, 4.69) is 35.5 Å². The van der Waals surface area contributed by atoms with E-state index in [4.69, 9.17) is 0 Å². The zero-order chi connectivity index (χ0) is 9.10. The lowest BCUT2D eigenvalue weighted by molar-refractivity contribution is 1.31. The molecule has 2 heteroatoms. The molecule has 0 saturated heterocycles. The first-order valence-electron chi connectivity index (χ1n) is 4.12. The highest BCUT2D eigenvalue weighted by Crippen LogP contribution is 2.30. The summed E-state index contributed by atoms with van der Waals surface area (Å²) in [6, 6.07) is 6.50. The van der Waals surface area contributed by atoms with Crippen molar-refractivity contribution < 1.29 is 0 Å². The summed E-state index contributed by atoms with van der Waals surface area (Å²) in [4.78, 5) is 2.73. The van der Waals surface area contributed by atoms with Crippen LogP contribution in [0.2, 0.25) is 0 Å². The fraction of sp³-hybridized carbons (Fsp3) is 0.0909. The first kappa shape index (κ1) is 8.73. The van der Waals surface area contributed by atoms with Crippen LogP contribution in [0.25, 0.3) is 9.75 Å². The molecule has 2 heterocycles. The summed E-state index contributed by atoms with van der Waals surface area (Å²) < 4.78 is 0. The van der Waals surface area contributed by atoms with E-state index in [0.717, 1.165) is 6.42 Å². The van der Waals surface area contributed by atoms with E-state index in [-0.39, 0.29) is 0 Å². The van der Waals surface area contributed by atoms with Gasteiger partial charge in [-0.2, -0.15) is 0 Å². The Hall–Kier alpha value is -0.860. The molecule has 0 saturated carbocycles. The first-order valence-corrected chi connectivity index (χ1v) is 5.88. The molecule has 0 aliphatic rings. The molecule has 0 bridgehead atoms. The van der Waals surface area contributed by atoms with Gasteiger partial charge in [0.05, 0.1) is 0 Å². The maximum absolute atomic E-state index is 3.74. The van der Waals surface area contributed by atoms with Crippen molar-refractivity contribution in [3.05, 3.63) is 47.2 Å². The van der Waals surface area contributed by atoms with Gasteiger partial charge in [-0.1, -0.05) is 12.1 Å². The Balaban J connectivity index is 2.28. The highest BCUT2D eigenvalue weighted by atomic mass is 32.1. The Morgan fingerprint density at radius 3 is 2.92 bits per heavy atom. The molecule has 2 aromatic heterocycles. The van der Waals surface area contributed by atoms with Crippen LogP contribution in [-0.4, -0.2) is 0 Å². The third kappa shape index (κ3) is 1.90.